The second-order valence-corrected chi connectivity index (χ2v) is 6.32. The molecule has 0 atom stereocenters. The van der Waals surface area contributed by atoms with Crippen molar-refractivity contribution in [2.24, 2.45) is 0 Å². The number of hydrogen-bond acceptors (Lipinski definition) is 4. The fraction of sp³-hybridized carbons (Fsp3) is 0.174. The van der Waals surface area contributed by atoms with E-state index >= 15 is 0 Å². The molecule has 0 N–H and O–H groups in total. The van der Waals surface area contributed by atoms with Crippen LogP contribution in [0.15, 0.2) is 66.9 Å². The average Bonchev–Trinajstić information content (AvgIpc) is 2.69. The molecule has 4 nitrogen and oxygen atoms in total. The molecule has 27 heavy (non-hydrogen) atoms. The number of ether oxygens (including phenoxy) is 1. The van der Waals surface area contributed by atoms with E-state index < -0.39 is 5.97 Å². The summed E-state index contributed by atoms with van der Waals surface area (Å²) in [6, 6.07) is 17.9. The van der Waals surface area contributed by atoms with Gasteiger partial charge >= 0.3 is 5.97 Å². The van der Waals surface area contributed by atoms with Crippen LogP contribution in [0.25, 0.3) is 11.3 Å². The molecule has 3 aromatic rings. The van der Waals surface area contributed by atoms with Crippen molar-refractivity contribution in [2.75, 3.05) is 0 Å². The molecule has 1 aromatic heterocycles. The van der Waals surface area contributed by atoms with E-state index in [0.29, 0.717) is 11.1 Å². The first kappa shape index (κ1) is 18.5. The molecular formula is C23H21NO3. The van der Waals surface area contributed by atoms with Crippen LogP contribution in [0.2, 0.25) is 0 Å². The van der Waals surface area contributed by atoms with Crippen molar-refractivity contribution in [3.05, 3.63) is 83.6 Å². The van der Waals surface area contributed by atoms with Gasteiger partial charge in [0.1, 0.15) is 5.75 Å². The highest BCUT2D eigenvalue weighted by Gasteiger charge is 2.14. The van der Waals surface area contributed by atoms with E-state index in [0.717, 1.165) is 24.1 Å². The lowest BCUT2D eigenvalue weighted by atomic mass is 10.1. The Morgan fingerprint density at radius 1 is 0.963 bits per heavy atom. The minimum atomic E-state index is -0.499. The zero-order valence-electron chi connectivity index (χ0n) is 15.4. The van der Waals surface area contributed by atoms with Crippen LogP contribution in [-0.2, 0) is 6.42 Å². The van der Waals surface area contributed by atoms with Gasteiger partial charge in [-0.25, -0.2) is 4.79 Å². The minimum Gasteiger partial charge on any atom is -0.422 e. The highest BCUT2D eigenvalue weighted by Crippen LogP contribution is 2.22. The maximum atomic E-state index is 12.4. The van der Waals surface area contributed by atoms with Crippen LogP contribution in [-0.4, -0.2) is 16.7 Å². The lowest BCUT2D eigenvalue weighted by Crippen LogP contribution is -2.10. The number of aromatic nitrogens is 1. The number of esters is 1. The first-order valence-electron chi connectivity index (χ1n) is 8.96. The van der Waals surface area contributed by atoms with E-state index in [4.69, 9.17) is 4.74 Å². The van der Waals surface area contributed by atoms with Gasteiger partial charge in [-0.1, -0.05) is 43.7 Å². The lowest BCUT2D eigenvalue weighted by Gasteiger charge is -2.08. The van der Waals surface area contributed by atoms with Crippen LogP contribution in [0.1, 0.15) is 46.5 Å². The molecule has 4 heteroatoms. The molecule has 0 aliphatic carbocycles. The van der Waals surface area contributed by atoms with Gasteiger partial charge in [-0.2, -0.15) is 0 Å². The Bertz CT molecular complexity index is 944. The fourth-order valence-corrected chi connectivity index (χ4v) is 2.81. The van der Waals surface area contributed by atoms with Gasteiger partial charge in [-0.3, -0.25) is 9.78 Å². The molecule has 0 saturated heterocycles. The van der Waals surface area contributed by atoms with Crippen LogP contribution in [0, 0.1) is 0 Å². The SMILES string of the molecule is CCCc1ccc(-c2ccc(C(=O)Oc3ccccc3C(C)=O)cc2)nc1. The van der Waals surface area contributed by atoms with Crippen molar-refractivity contribution < 1.29 is 14.3 Å². The van der Waals surface area contributed by atoms with Crippen LogP contribution in [0.4, 0.5) is 0 Å². The third kappa shape index (κ3) is 4.47. The zero-order valence-corrected chi connectivity index (χ0v) is 15.4. The van der Waals surface area contributed by atoms with Crippen molar-refractivity contribution in [1.29, 1.82) is 0 Å². The maximum Gasteiger partial charge on any atom is 0.343 e. The lowest BCUT2D eigenvalue weighted by molar-refractivity contribution is 0.0733. The Labute approximate surface area is 158 Å². The number of carbonyl (C=O) groups is 2. The van der Waals surface area contributed by atoms with Gasteiger partial charge in [0.15, 0.2) is 5.78 Å². The smallest absolute Gasteiger partial charge is 0.343 e. The summed E-state index contributed by atoms with van der Waals surface area (Å²) in [7, 11) is 0. The number of benzene rings is 2. The van der Waals surface area contributed by atoms with E-state index in [2.05, 4.69) is 18.0 Å². The highest BCUT2D eigenvalue weighted by molar-refractivity contribution is 5.99. The van der Waals surface area contributed by atoms with Crippen LogP contribution in [0.3, 0.4) is 0 Å². The predicted molar refractivity (Wildman–Crippen MR) is 105 cm³/mol. The van der Waals surface area contributed by atoms with E-state index in [-0.39, 0.29) is 11.5 Å². The van der Waals surface area contributed by atoms with Crippen molar-refractivity contribution in [3.8, 4) is 17.0 Å². The van der Waals surface area contributed by atoms with Crippen molar-refractivity contribution in [3.63, 3.8) is 0 Å². The standard InChI is InChI=1S/C23H21NO3/c1-3-6-17-9-14-21(24-15-17)18-10-12-19(13-11-18)23(26)27-22-8-5-4-7-20(22)16(2)25/h4-5,7-15H,3,6H2,1-2H3. The van der Waals surface area contributed by atoms with Crippen LogP contribution in [0.5, 0.6) is 5.75 Å². The van der Waals surface area contributed by atoms with Gasteiger partial charge in [-0.05, 0) is 49.2 Å². The molecule has 0 aliphatic rings. The zero-order chi connectivity index (χ0) is 19.2. The summed E-state index contributed by atoms with van der Waals surface area (Å²) >= 11 is 0. The van der Waals surface area contributed by atoms with Gasteiger partial charge in [0.2, 0.25) is 0 Å². The molecular weight excluding hydrogens is 338 g/mol. The van der Waals surface area contributed by atoms with Crippen LogP contribution < -0.4 is 4.74 Å². The third-order valence-corrected chi connectivity index (χ3v) is 4.25. The number of nitrogens with zero attached hydrogens (tertiary/aromatic N) is 1. The summed E-state index contributed by atoms with van der Waals surface area (Å²) in [6.45, 7) is 3.58. The summed E-state index contributed by atoms with van der Waals surface area (Å²) in [4.78, 5) is 28.5. The summed E-state index contributed by atoms with van der Waals surface area (Å²) < 4.78 is 5.41. The molecule has 0 amide bonds. The molecule has 0 unspecified atom stereocenters. The summed E-state index contributed by atoms with van der Waals surface area (Å²) in [5.74, 6) is -0.375. The van der Waals surface area contributed by atoms with Gasteiger partial charge in [0.25, 0.3) is 0 Å². The largest absolute Gasteiger partial charge is 0.422 e. The molecule has 1 heterocycles. The molecule has 2 aromatic carbocycles. The Kier molecular flexibility index (Phi) is 5.77. The number of rotatable bonds is 6. The molecule has 0 spiro atoms. The fourth-order valence-electron chi connectivity index (χ4n) is 2.81. The first-order chi connectivity index (χ1) is 13.1. The third-order valence-electron chi connectivity index (χ3n) is 4.25. The number of carbonyl (C=O) groups excluding carboxylic acids is 2. The number of aryl methyl sites for hydroxylation is 1. The molecule has 0 aliphatic heterocycles. The maximum absolute atomic E-state index is 12.4. The van der Waals surface area contributed by atoms with Gasteiger partial charge in [0.05, 0.1) is 16.8 Å². The number of Topliss-reactive ketones (excluding diaryl/α,β-unsaturated/α-hetero) is 1. The quantitative estimate of drug-likeness (QED) is 0.348. The van der Waals surface area contributed by atoms with E-state index in [1.165, 1.54) is 12.5 Å². The Balaban J connectivity index is 1.75. The van der Waals surface area contributed by atoms with E-state index in [9.17, 15) is 9.59 Å². The molecule has 0 fully saturated rings. The number of ketones is 1. The van der Waals surface area contributed by atoms with Gasteiger partial charge in [-0.15, -0.1) is 0 Å². The summed E-state index contributed by atoms with van der Waals surface area (Å²) in [5, 5.41) is 0. The summed E-state index contributed by atoms with van der Waals surface area (Å²) in [6.07, 6.45) is 3.99. The summed E-state index contributed by atoms with van der Waals surface area (Å²) in [5.41, 5.74) is 3.81. The Morgan fingerprint density at radius 3 is 2.33 bits per heavy atom. The Hall–Kier alpha value is -3.27. The van der Waals surface area contributed by atoms with E-state index in [1.54, 1.807) is 36.4 Å². The van der Waals surface area contributed by atoms with Crippen molar-refractivity contribution in [2.45, 2.75) is 26.7 Å². The Morgan fingerprint density at radius 2 is 1.70 bits per heavy atom. The highest BCUT2D eigenvalue weighted by atomic mass is 16.5. The van der Waals surface area contributed by atoms with Gasteiger partial charge < -0.3 is 4.74 Å². The van der Waals surface area contributed by atoms with Crippen molar-refractivity contribution in [1.82, 2.24) is 4.98 Å². The monoisotopic (exact) mass is 359 g/mol. The topological polar surface area (TPSA) is 56.3 Å². The first-order valence-corrected chi connectivity index (χ1v) is 8.96. The molecule has 136 valence electrons. The number of pyridine rings is 1. The second kappa shape index (κ2) is 8.41. The predicted octanol–water partition coefficient (Wildman–Crippen LogP) is 5.12. The number of para-hydroxylation sites is 1. The molecule has 0 bridgehead atoms. The van der Waals surface area contributed by atoms with Crippen LogP contribution >= 0.6 is 0 Å². The minimum absolute atomic E-state index is 0.147. The normalized spacial score (nSPS) is 10.4. The van der Waals surface area contributed by atoms with Crippen molar-refractivity contribution >= 4 is 11.8 Å². The van der Waals surface area contributed by atoms with E-state index in [1.807, 2.05) is 24.4 Å². The second-order valence-electron chi connectivity index (χ2n) is 6.32. The molecule has 0 saturated carbocycles. The number of hydrogen-bond donors (Lipinski definition) is 0. The molecule has 3 rings (SSSR count). The van der Waals surface area contributed by atoms with Gasteiger partial charge in [0, 0.05) is 11.8 Å². The molecule has 0 radical (unpaired) electrons. The average molecular weight is 359 g/mol.